The Bertz CT molecular complexity index is 685. The van der Waals surface area contributed by atoms with Gasteiger partial charge >= 0.3 is 5.97 Å². The molecule has 0 amide bonds. The van der Waals surface area contributed by atoms with Gasteiger partial charge < -0.3 is 9.84 Å². The molecule has 0 unspecified atom stereocenters. The summed E-state index contributed by atoms with van der Waals surface area (Å²) in [6.45, 7) is 0. The number of ether oxygens (including phenoxy) is 1. The largest absolute Gasteiger partial charge is 0.506 e. The number of phenolic OH excluding ortho intramolecular Hbond substituents is 1. The fourth-order valence-corrected chi connectivity index (χ4v) is 3.03. The molecule has 0 atom stereocenters. The van der Waals surface area contributed by atoms with Gasteiger partial charge in [-0.25, -0.2) is 4.79 Å². The van der Waals surface area contributed by atoms with Gasteiger partial charge in [0.25, 0.3) is 0 Å². The van der Waals surface area contributed by atoms with E-state index in [1.54, 1.807) is 24.3 Å². The number of benzene rings is 2. The fourth-order valence-electron chi connectivity index (χ4n) is 1.81. The highest BCUT2D eigenvalue weighted by Gasteiger charge is 2.09. The summed E-state index contributed by atoms with van der Waals surface area (Å²) in [5.41, 5.74) is 2.16. The molecule has 2 aromatic carbocycles. The van der Waals surface area contributed by atoms with Crippen molar-refractivity contribution in [3.05, 3.63) is 62.0 Å². The molecular weight excluding hydrogens is 400 g/mol. The summed E-state index contributed by atoms with van der Waals surface area (Å²) < 4.78 is 5.95. The fraction of sp³-hybridized carbons (Fsp3) is 0.0625. The maximum Gasteiger partial charge on any atom is 0.338 e. The smallest absolute Gasteiger partial charge is 0.338 e. The summed E-state index contributed by atoms with van der Waals surface area (Å²) in [7, 11) is 1.36. The maximum absolute atomic E-state index is 11.7. The SMILES string of the molecule is COC(=O)c1ccccc1/C=C/c1cc(Br)c(O)c(Br)c1. The zero-order valence-electron chi connectivity index (χ0n) is 11.1. The molecule has 21 heavy (non-hydrogen) atoms. The quantitative estimate of drug-likeness (QED) is 0.578. The van der Waals surface area contributed by atoms with E-state index in [1.165, 1.54) is 7.11 Å². The number of esters is 1. The van der Waals surface area contributed by atoms with Crippen LogP contribution in [0.3, 0.4) is 0 Å². The summed E-state index contributed by atoms with van der Waals surface area (Å²) in [5, 5.41) is 9.69. The number of hydrogen-bond acceptors (Lipinski definition) is 3. The van der Waals surface area contributed by atoms with Gasteiger partial charge in [-0.2, -0.15) is 0 Å². The van der Waals surface area contributed by atoms with Crippen LogP contribution in [0.2, 0.25) is 0 Å². The van der Waals surface area contributed by atoms with Crippen molar-refractivity contribution in [2.75, 3.05) is 7.11 Å². The Balaban J connectivity index is 2.36. The van der Waals surface area contributed by atoms with Crippen molar-refractivity contribution in [1.82, 2.24) is 0 Å². The van der Waals surface area contributed by atoms with E-state index in [4.69, 9.17) is 4.74 Å². The Kier molecular flexibility index (Phi) is 5.20. The number of methoxy groups -OCH3 is 1. The van der Waals surface area contributed by atoms with Crippen molar-refractivity contribution >= 4 is 50.0 Å². The Morgan fingerprint density at radius 1 is 1.14 bits per heavy atom. The van der Waals surface area contributed by atoms with Crippen LogP contribution in [0.4, 0.5) is 0 Å². The number of aromatic hydroxyl groups is 1. The summed E-state index contributed by atoms with van der Waals surface area (Å²) in [6, 6.07) is 10.8. The van der Waals surface area contributed by atoms with E-state index in [0.29, 0.717) is 14.5 Å². The first kappa shape index (κ1) is 15.8. The molecule has 0 fully saturated rings. The summed E-state index contributed by atoms with van der Waals surface area (Å²) in [4.78, 5) is 11.7. The van der Waals surface area contributed by atoms with Gasteiger partial charge in [-0.05, 0) is 61.2 Å². The second-order valence-electron chi connectivity index (χ2n) is 4.25. The molecule has 0 saturated heterocycles. The molecule has 5 heteroatoms. The first-order valence-electron chi connectivity index (χ1n) is 6.06. The predicted octanol–water partition coefficient (Wildman–Crippen LogP) is 4.87. The minimum atomic E-state index is -0.372. The molecule has 0 saturated carbocycles. The van der Waals surface area contributed by atoms with Gasteiger partial charge in [0.1, 0.15) is 5.75 Å². The molecule has 0 radical (unpaired) electrons. The lowest BCUT2D eigenvalue weighted by Gasteiger charge is -2.04. The molecule has 2 aromatic rings. The first-order chi connectivity index (χ1) is 10.0. The molecule has 0 aromatic heterocycles. The molecular formula is C16H12Br2O3. The Labute approximate surface area is 139 Å². The number of rotatable bonds is 3. The Morgan fingerprint density at radius 2 is 1.76 bits per heavy atom. The second-order valence-corrected chi connectivity index (χ2v) is 5.95. The predicted molar refractivity (Wildman–Crippen MR) is 90.2 cm³/mol. The molecule has 2 rings (SSSR count). The van der Waals surface area contributed by atoms with Crippen LogP contribution in [0.25, 0.3) is 12.2 Å². The van der Waals surface area contributed by atoms with Crippen molar-refractivity contribution in [2.45, 2.75) is 0 Å². The van der Waals surface area contributed by atoms with Gasteiger partial charge in [-0.15, -0.1) is 0 Å². The van der Waals surface area contributed by atoms with Gasteiger partial charge in [0.05, 0.1) is 21.6 Å². The van der Waals surface area contributed by atoms with Crippen LogP contribution in [-0.2, 0) is 4.74 Å². The van der Waals surface area contributed by atoms with Crippen molar-refractivity contribution in [3.8, 4) is 5.75 Å². The molecule has 0 aliphatic carbocycles. The van der Waals surface area contributed by atoms with Gasteiger partial charge in [0, 0.05) is 0 Å². The maximum atomic E-state index is 11.7. The van der Waals surface area contributed by atoms with Gasteiger partial charge in [0.15, 0.2) is 0 Å². The van der Waals surface area contributed by atoms with Gasteiger partial charge in [-0.3, -0.25) is 0 Å². The molecule has 3 nitrogen and oxygen atoms in total. The van der Waals surface area contributed by atoms with E-state index in [1.807, 2.05) is 24.3 Å². The van der Waals surface area contributed by atoms with Crippen LogP contribution < -0.4 is 0 Å². The molecule has 0 bridgehead atoms. The standard InChI is InChI=1S/C16H12Br2O3/c1-21-16(20)12-5-3-2-4-11(12)7-6-10-8-13(17)15(19)14(18)9-10/h2-9,19H,1H3/b7-6+. The monoisotopic (exact) mass is 410 g/mol. The highest BCUT2D eigenvalue weighted by molar-refractivity contribution is 9.11. The van der Waals surface area contributed by atoms with E-state index >= 15 is 0 Å². The lowest BCUT2D eigenvalue weighted by molar-refractivity contribution is 0.0600. The van der Waals surface area contributed by atoms with Gasteiger partial charge in [0.2, 0.25) is 0 Å². The third-order valence-electron chi connectivity index (χ3n) is 2.86. The van der Waals surface area contributed by atoms with Crippen LogP contribution in [-0.4, -0.2) is 18.2 Å². The van der Waals surface area contributed by atoms with Crippen LogP contribution in [0.5, 0.6) is 5.75 Å². The zero-order chi connectivity index (χ0) is 15.4. The van der Waals surface area contributed by atoms with Gasteiger partial charge in [-0.1, -0.05) is 30.4 Å². The van der Waals surface area contributed by atoms with Crippen LogP contribution in [0.1, 0.15) is 21.5 Å². The van der Waals surface area contributed by atoms with E-state index < -0.39 is 0 Å². The number of phenols is 1. The zero-order valence-corrected chi connectivity index (χ0v) is 14.3. The van der Waals surface area contributed by atoms with Crippen molar-refractivity contribution < 1.29 is 14.6 Å². The van der Waals surface area contributed by atoms with Crippen LogP contribution in [0.15, 0.2) is 45.3 Å². The molecule has 1 N–H and O–H groups in total. The van der Waals surface area contributed by atoms with E-state index in [9.17, 15) is 9.90 Å². The number of carbonyl (C=O) groups excluding carboxylic acids is 1. The number of halogens is 2. The minimum absolute atomic E-state index is 0.155. The number of carbonyl (C=O) groups is 1. The topological polar surface area (TPSA) is 46.5 Å². The Morgan fingerprint density at radius 3 is 2.38 bits per heavy atom. The lowest BCUT2D eigenvalue weighted by Crippen LogP contribution is -2.02. The highest BCUT2D eigenvalue weighted by atomic mass is 79.9. The van der Waals surface area contributed by atoms with E-state index in [-0.39, 0.29) is 11.7 Å². The Hall–Kier alpha value is -1.59. The average molecular weight is 412 g/mol. The lowest BCUT2D eigenvalue weighted by atomic mass is 10.1. The van der Waals surface area contributed by atoms with Crippen molar-refractivity contribution in [2.24, 2.45) is 0 Å². The normalized spacial score (nSPS) is 10.8. The van der Waals surface area contributed by atoms with E-state index in [0.717, 1.165) is 11.1 Å². The third kappa shape index (κ3) is 3.74. The minimum Gasteiger partial charge on any atom is -0.506 e. The highest BCUT2D eigenvalue weighted by Crippen LogP contribution is 2.33. The van der Waals surface area contributed by atoms with Crippen LogP contribution >= 0.6 is 31.9 Å². The molecule has 0 aliphatic heterocycles. The van der Waals surface area contributed by atoms with Crippen molar-refractivity contribution in [3.63, 3.8) is 0 Å². The summed E-state index contributed by atoms with van der Waals surface area (Å²) >= 11 is 6.57. The molecule has 0 heterocycles. The molecule has 0 spiro atoms. The van der Waals surface area contributed by atoms with E-state index in [2.05, 4.69) is 31.9 Å². The van der Waals surface area contributed by atoms with Crippen LogP contribution in [0, 0.1) is 0 Å². The average Bonchev–Trinajstić information content (AvgIpc) is 2.50. The summed E-state index contributed by atoms with van der Waals surface area (Å²) in [5.74, 6) is -0.217. The summed E-state index contributed by atoms with van der Waals surface area (Å²) in [6.07, 6.45) is 3.69. The second kappa shape index (κ2) is 6.91. The third-order valence-corrected chi connectivity index (χ3v) is 4.07. The molecule has 108 valence electrons. The first-order valence-corrected chi connectivity index (χ1v) is 7.65. The number of hydrogen-bond donors (Lipinski definition) is 1. The van der Waals surface area contributed by atoms with Crippen molar-refractivity contribution in [1.29, 1.82) is 0 Å². The molecule has 0 aliphatic rings.